The van der Waals surface area contributed by atoms with Crippen LogP contribution in [0.1, 0.15) is 25.3 Å². The van der Waals surface area contributed by atoms with Crippen molar-refractivity contribution >= 4 is 43.6 Å². The Balaban J connectivity index is 1.58. The van der Waals surface area contributed by atoms with Crippen LogP contribution in [0.3, 0.4) is 0 Å². The second-order valence-corrected chi connectivity index (χ2v) is 8.71. The van der Waals surface area contributed by atoms with E-state index < -0.39 is 0 Å². The Hall–Kier alpha value is -2.68. The van der Waals surface area contributed by atoms with Crippen LogP contribution in [0.25, 0.3) is 20.4 Å². The van der Waals surface area contributed by atoms with E-state index in [2.05, 4.69) is 9.97 Å². The number of hydrogen-bond acceptors (Lipinski definition) is 7. The molecule has 4 heterocycles. The zero-order valence-corrected chi connectivity index (χ0v) is 16.8. The first-order valence-corrected chi connectivity index (χ1v) is 10.2. The van der Waals surface area contributed by atoms with E-state index in [0.717, 1.165) is 28.7 Å². The zero-order valence-electron chi connectivity index (χ0n) is 16.0. The van der Waals surface area contributed by atoms with Crippen molar-refractivity contribution in [2.45, 2.75) is 37.5 Å². The topological polar surface area (TPSA) is 80.6 Å². The van der Waals surface area contributed by atoms with E-state index >= 15 is 0 Å². The van der Waals surface area contributed by atoms with Crippen molar-refractivity contribution in [2.24, 2.45) is 0 Å². The van der Waals surface area contributed by atoms with E-state index in [1.54, 1.807) is 29.0 Å². The van der Waals surface area contributed by atoms with Crippen LogP contribution >= 0.6 is 11.3 Å². The minimum absolute atomic E-state index is 0.0172. The maximum atomic E-state index is 13.3. The van der Waals surface area contributed by atoms with Crippen LogP contribution < -0.4 is 10.5 Å². The Kier molecular flexibility index (Phi) is 3.84. The summed E-state index contributed by atoms with van der Waals surface area (Å²) in [6.45, 7) is 0. The molecule has 0 spiro atoms. The predicted octanol–water partition coefficient (Wildman–Crippen LogP) is 2.62. The lowest BCUT2D eigenvalue weighted by Crippen LogP contribution is -2.40. The van der Waals surface area contributed by atoms with Gasteiger partial charge in [0.25, 0.3) is 5.56 Å². The number of anilines is 1. The number of ether oxygens (including phenoxy) is 1. The third-order valence-electron chi connectivity index (χ3n) is 5.93. The quantitative estimate of drug-likeness (QED) is 0.659. The van der Waals surface area contributed by atoms with E-state index in [1.165, 1.54) is 11.3 Å². The highest BCUT2D eigenvalue weighted by atomic mass is 32.1. The van der Waals surface area contributed by atoms with Gasteiger partial charge < -0.3 is 14.5 Å². The van der Waals surface area contributed by atoms with Crippen LogP contribution in [0.2, 0.25) is 0 Å². The summed E-state index contributed by atoms with van der Waals surface area (Å²) in [5.41, 5.74) is 1.67. The van der Waals surface area contributed by atoms with E-state index in [0.29, 0.717) is 16.6 Å². The number of fused-ring (bicyclic) bond motifs is 4. The summed E-state index contributed by atoms with van der Waals surface area (Å²) in [7, 11) is 5.72. The number of likely N-dealkylation sites (N-methyl/N-ethyl adjacent to an activating group) is 1. The average molecular weight is 399 g/mol. The Labute approximate surface area is 165 Å². The van der Waals surface area contributed by atoms with Crippen LogP contribution in [0, 0.1) is 0 Å². The molecular formula is C19H21N5O3S. The zero-order chi connectivity index (χ0) is 19.6. The van der Waals surface area contributed by atoms with Crippen molar-refractivity contribution in [1.29, 1.82) is 0 Å². The van der Waals surface area contributed by atoms with Crippen LogP contribution in [0.5, 0.6) is 0 Å². The van der Waals surface area contributed by atoms with Gasteiger partial charge >= 0.3 is 6.09 Å². The van der Waals surface area contributed by atoms with Crippen molar-refractivity contribution in [2.75, 3.05) is 26.0 Å². The van der Waals surface area contributed by atoms with Gasteiger partial charge in [0.05, 0.1) is 29.0 Å². The number of carbonyl (C=O) groups is 1. The third-order valence-corrected chi connectivity index (χ3v) is 7.00. The maximum Gasteiger partial charge on any atom is 0.410 e. The van der Waals surface area contributed by atoms with Crippen LogP contribution in [0.4, 0.5) is 10.5 Å². The van der Waals surface area contributed by atoms with Gasteiger partial charge in [-0.1, -0.05) is 0 Å². The lowest BCUT2D eigenvalue weighted by atomic mass is 9.88. The van der Waals surface area contributed by atoms with Gasteiger partial charge in [-0.05, 0) is 18.9 Å². The van der Waals surface area contributed by atoms with Gasteiger partial charge in [-0.3, -0.25) is 9.36 Å². The van der Waals surface area contributed by atoms with E-state index in [-0.39, 0.29) is 29.8 Å². The first-order valence-electron chi connectivity index (χ1n) is 9.35. The molecule has 9 heteroatoms. The molecule has 3 aromatic heterocycles. The molecule has 5 rings (SSSR count). The van der Waals surface area contributed by atoms with E-state index in [9.17, 15) is 9.59 Å². The number of pyridine rings is 1. The summed E-state index contributed by atoms with van der Waals surface area (Å²) in [5.74, 6) is 0. The number of thiophene rings is 1. The number of amides is 1. The number of aromatic nitrogens is 3. The van der Waals surface area contributed by atoms with Gasteiger partial charge in [-0.2, -0.15) is 0 Å². The first kappa shape index (κ1) is 17.4. The Morgan fingerprint density at radius 3 is 2.86 bits per heavy atom. The summed E-state index contributed by atoms with van der Waals surface area (Å²) in [6.07, 6.45) is 5.25. The third kappa shape index (κ3) is 2.42. The number of hydrogen-bond donors (Lipinski definition) is 0. The molecule has 1 aliphatic heterocycles. The molecule has 3 unspecified atom stereocenters. The Morgan fingerprint density at radius 1 is 1.25 bits per heavy atom. The SMILES string of the molecule is CN(C)c1ccnc2sc3c(=O)n(C4CCC5C(C4)OC(=O)N5C)cnc3c12. The predicted molar refractivity (Wildman–Crippen MR) is 108 cm³/mol. The highest BCUT2D eigenvalue weighted by Gasteiger charge is 2.44. The van der Waals surface area contributed by atoms with Crippen molar-refractivity contribution in [3.8, 4) is 0 Å². The fourth-order valence-electron chi connectivity index (χ4n) is 4.44. The van der Waals surface area contributed by atoms with Gasteiger partial charge in [0.1, 0.15) is 15.6 Å². The molecule has 2 aliphatic rings. The second kappa shape index (κ2) is 6.16. The largest absolute Gasteiger partial charge is 0.444 e. The molecule has 0 aromatic carbocycles. The monoisotopic (exact) mass is 399 g/mol. The number of nitrogens with zero attached hydrogens (tertiary/aromatic N) is 5. The van der Waals surface area contributed by atoms with Crippen molar-refractivity contribution in [3.63, 3.8) is 0 Å². The number of rotatable bonds is 2. The standard InChI is InChI=1S/C19H21N5O3S/c1-22(2)12-6-7-20-17-14(12)15-16(28-17)18(25)24(9-21-15)10-4-5-11-13(8-10)27-19(26)23(11)3/h6-7,9-11,13H,4-5,8H2,1-3H3. The lowest BCUT2D eigenvalue weighted by Gasteiger charge is -2.32. The summed E-state index contributed by atoms with van der Waals surface area (Å²) in [5, 5.41) is 0.923. The molecule has 28 heavy (non-hydrogen) atoms. The Morgan fingerprint density at radius 2 is 2.07 bits per heavy atom. The molecular weight excluding hydrogens is 378 g/mol. The molecule has 146 valence electrons. The molecule has 1 aliphatic carbocycles. The molecule has 2 fully saturated rings. The normalized spacial score (nSPS) is 24.6. The number of carbonyl (C=O) groups excluding carboxylic acids is 1. The molecule has 8 nitrogen and oxygen atoms in total. The molecule has 1 saturated heterocycles. The summed E-state index contributed by atoms with van der Waals surface area (Å²) in [6, 6.07) is 2.03. The molecule has 0 bridgehead atoms. The van der Waals surface area contributed by atoms with E-state index in [4.69, 9.17) is 4.74 Å². The van der Waals surface area contributed by atoms with Gasteiger partial charge in [0.2, 0.25) is 0 Å². The fraction of sp³-hybridized carbons (Fsp3) is 0.474. The van der Waals surface area contributed by atoms with Crippen molar-refractivity contribution in [1.82, 2.24) is 19.4 Å². The molecule has 0 N–H and O–H groups in total. The van der Waals surface area contributed by atoms with Crippen molar-refractivity contribution in [3.05, 3.63) is 28.9 Å². The fourth-order valence-corrected chi connectivity index (χ4v) is 5.50. The van der Waals surface area contributed by atoms with Gasteiger partial charge in [0.15, 0.2) is 0 Å². The Bertz CT molecular complexity index is 1150. The lowest BCUT2D eigenvalue weighted by molar-refractivity contribution is 0.0942. The maximum absolute atomic E-state index is 13.3. The van der Waals surface area contributed by atoms with Crippen molar-refractivity contribution < 1.29 is 9.53 Å². The summed E-state index contributed by atoms with van der Waals surface area (Å²) >= 11 is 1.39. The first-order chi connectivity index (χ1) is 13.5. The second-order valence-electron chi connectivity index (χ2n) is 7.71. The van der Waals surface area contributed by atoms with Crippen LogP contribution in [-0.2, 0) is 4.74 Å². The summed E-state index contributed by atoms with van der Waals surface area (Å²) < 4.78 is 7.83. The minimum atomic E-state index is -0.275. The highest BCUT2D eigenvalue weighted by Crippen LogP contribution is 2.38. The molecule has 0 radical (unpaired) electrons. The molecule has 1 amide bonds. The average Bonchev–Trinajstić information content (AvgIpc) is 3.20. The van der Waals surface area contributed by atoms with Gasteiger partial charge in [-0.25, -0.2) is 14.8 Å². The minimum Gasteiger partial charge on any atom is -0.444 e. The van der Waals surface area contributed by atoms with E-state index in [1.807, 2.05) is 25.1 Å². The highest BCUT2D eigenvalue weighted by molar-refractivity contribution is 7.25. The van der Waals surface area contributed by atoms with Crippen LogP contribution in [-0.4, -0.2) is 58.8 Å². The summed E-state index contributed by atoms with van der Waals surface area (Å²) in [4.78, 5) is 38.7. The molecule has 3 atom stereocenters. The molecule has 1 saturated carbocycles. The molecule has 3 aromatic rings. The van der Waals surface area contributed by atoms with Crippen LogP contribution in [0.15, 0.2) is 23.4 Å². The smallest absolute Gasteiger partial charge is 0.410 e. The van der Waals surface area contributed by atoms with Gasteiger partial charge in [0, 0.05) is 39.8 Å². The van der Waals surface area contributed by atoms with Gasteiger partial charge in [-0.15, -0.1) is 11.3 Å².